The molecule has 176 valence electrons. The first-order valence-corrected chi connectivity index (χ1v) is 13.2. The molecule has 0 radical (unpaired) electrons. The molecule has 1 N–H and O–H groups in total. The monoisotopic (exact) mass is 485 g/mol. The molecule has 1 aliphatic carbocycles. The number of benzene rings is 1. The summed E-state index contributed by atoms with van der Waals surface area (Å²) >= 11 is 2.98. The summed E-state index contributed by atoms with van der Waals surface area (Å²) in [5.74, 6) is -0.0671. The van der Waals surface area contributed by atoms with E-state index in [2.05, 4.69) is 12.2 Å². The number of thioether (sulfide) groups is 1. The van der Waals surface area contributed by atoms with E-state index in [-0.39, 0.29) is 16.7 Å². The van der Waals surface area contributed by atoms with Gasteiger partial charge in [-0.15, -0.1) is 11.3 Å². The van der Waals surface area contributed by atoms with Crippen LogP contribution in [0.15, 0.2) is 28.2 Å². The van der Waals surface area contributed by atoms with E-state index in [4.69, 9.17) is 9.72 Å². The first-order chi connectivity index (χ1) is 15.9. The second-order valence-electron chi connectivity index (χ2n) is 8.59. The number of hydrogen-bond acceptors (Lipinski definition) is 6. The van der Waals surface area contributed by atoms with E-state index in [1.165, 1.54) is 27.8 Å². The largest absolute Gasteiger partial charge is 0.385 e. The SMILES string of the molecule is COCCCNC(=O)C(C)Sc1nc2sc3c(c2c(=O)n1-c1ccc(C)c(C)c1)CCCC3. The van der Waals surface area contributed by atoms with Crippen molar-refractivity contribution in [3.8, 4) is 5.69 Å². The fourth-order valence-electron chi connectivity index (χ4n) is 4.14. The van der Waals surface area contributed by atoms with Gasteiger partial charge in [-0.05, 0) is 81.7 Å². The normalized spacial score (nSPS) is 14.3. The van der Waals surface area contributed by atoms with Crippen LogP contribution in [0.4, 0.5) is 0 Å². The summed E-state index contributed by atoms with van der Waals surface area (Å²) < 4.78 is 6.75. The third kappa shape index (κ3) is 5.03. The van der Waals surface area contributed by atoms with E-state index in [1.807, 2.05) is 32.0 Å². The number of hydrogen-bond donors (Lipinski definition) is 1. The number of aryl methyl sites for hydroxylation is 4. The van der Waals surface area contributed by atoms with Crippen molar-refractivity contribution in [3.05, 3.63) is 50.1 Å². The van der Waals surface area contributed by atoms with Crippen molar-refractivity contribution in [2.24, 2.45) is 0 Å². The molecule has 2 heterocycles. The van der Waals surface area contributed by atoms with Crippen molar-refractivity contribution in [2.45, 2.75) is 63.3 Å². The van der Waals surface area contributed by atoms with Gasteiger partial charge < -0.3 is 10.1 Å². The molecule has 4 rings (SSSR count). The van der Waals surface area contributed by atoms with Crippen LogP contribution in [0.1, 0.15) is 47.8 Å². The molecule has 1 aromatic carbocycles. The molecule has 8 heteroatoms. The fraction of sp³-hybridized carbons (Fsp3) is 0.480. The van der Waals surface area contributed by atoms with Crippen LogP contribution in [-0.2, 0) is 22.4 Å². The van der Waals surface area contributed by atoms with Crippen molar-refractivity contribution >= 4 is 39.2 Å². The summed E-state index contributed by atoms with van der Waals surface area (Å²) in [5.41, 5.74) is 4.23. The number of nitrogens with one attached hydrogen (secondary N) is 1. The summed E-state index contributed by atoms with van der Waals surface area (Å²) in [6.07, 6.45) is 4.98. The molecular formula is C25H31N3O3S2. The van der Waals surface area contributed by atoms with E-state index in [9.17, 15) is 9.59 Å². The van der Waals surface area contributed by atoms with Crippen LogP contribution in [0.3, 0.4) is 0 Å². The summed E-state index contributed by atoms with van der Waals surface area (Å²) in [7, 11) is 1.65. The Kier molecular flexibility index (Phi) is 7.56. The summed E-state index contributed by atoms with van der Waals surface area (Å²) in [5, 5.41) is 3.89. The molecule has 1 amide bonds. The maximum Gasteiger partial charge on any atom is 0.267 e. The number of methoxy groups -OCH3 is 1. The maximum atomic E-state index is 13.9. The lowest BCUT2D eigenvalue weighted by atomic mass is 9.97. The smallest absolute Gasteiger partial charge is 0.267 e. The Bertz CT molecular complexity index is 1230. The molecule has 6 nitrogen and oxygen atoms in total. The number of aromatic nitrogens is 2. The second-order valence-corrected chi connectivity index (χ2v) is 11.0. The van der Waals surface area contributed by atoms with Gasteiger partial charge in [0.1, 0.15) is 4.83 Å². The molecule has 1 atom stereocenters. The van der Waals surface area contributed by atoms with Crippen LogP contribution in [-0.4, -0.2) is 41.0 Å². The molecule has 0 fully saturated rings. The van der Waals surface area contributed by atoms with Gasteiger partial charge in [0, 0.05) is 25.1 Å². The Hall–Kier alpha value is -2.16. The van der Waals surface area contributed by atoms with Crippen LogP contribution in [0, 0.1) is 13.8 Å². The minimum absolute atomic E-state index is 0.0298. The molecule has 2 aromatic heterocycles. The highest BCUT2D eigenvalue weighted by atomic mass is 32.2. The Labute approximate surface area is 202 Å². The molecule has 1 unspecified atom stereocenters. The topological polar surface area (TPSA) is 73.2 Å². The average Bonchev–Trinajstić information content (AvgIpc) is 3.17. The van der Waals surface area contributed by atoms with Crippen molar-refractivity contribution in [3.63, 3.8) is 0 Å². The number of ether oxygens (including phenoxy) is 1. The van der Waals surface area contributed by atoms with Crippen LogP contribution < -0.4 is 10.9 Å². The molecule has 0 saturated heterocycles. The standard InChI is InChI=1S/C25H31N3O3S2/c1-15-10-11-18(14-16(15)2)28-24(30)21-19-8-5-6-9-20(19)33-23(21)27-25(28)32-17(3)22(29)26-12-7-13-31-4/h10-11,14,17H,5-9,12-13H2,1-4H3,(H,26,29). The van der Waals surface area contributed by atoms with Gasteiger partial charge in [-0.3, -0.25) is 14.2 Å². The van der Waals surface area contributed by atoms with Crippen LogP contribution in [0.2, 0.25) is 0 Å². The summed E-state index contributed by atoms with van der Waals surface area (Å²) in [4.78, 5) is 33.6. The third-order valence-electron chi connectivity index (χ3n) is 6.18. The van der Waals surface area contributed by atoms with E-state index >= 15 is 0 Å². The second kappa shape index (κ2) is 10.4. The first kappa shape index (κ1) is 24.0. The highest BCUT2D eigenvalue weighted by Gasteiger charge is 2.25. The first-order valence-electron chi connectivity index (χ1n) is 11.5. The molecule has 0 bridgehead atoms. The molecule has 0 aliphatic heterocycles. The Balaban J connectivity index is 1.76. The van der Waals surface area contributed by atoms with Gasteiger partial charge in [0.2, 0.25) is 5.91 Å². The maximum absolute atomic E-state index is 13.9. The van der Waals surface area contributed by atoms with Crippen molar-refractivity contribution in [1.82, 2.24) is 14.9 Å². The van der Waals surface area contributed by atoms with E-state index in [0.717, 1.165) is 53.6 Å². The molecule has 1 aliphatic rings. The number of amides is 1. The minimum atomic E-state index is -0.385. The Morgan fingerprint density at radius 3 is 2.82 bits per heavy atom. The van der Waals surface area contributed by atoms with Gasteiger partial charge in [-0.25, -0.2) is 4.98 Å². The average molecular weight is 486 g/mol. The lowest BCUT2D eigenvalue weighted by Gasteiger charge is -2.17. The molecule has 0 spiro atoms. The van der Waals surface area contributed by atoms with Crippen LogP contribution in [0.25, 0.3) is 15.9 Å². The fourth-order valence-corrected chi connectivity index (χ4v) is 6.40. The number of carbonyl (C=O) groups is 1. The number of carbonyl (C=O) groups excluding carboxylic acids is 1. The molecular weight excluding hydrogens is 454 g/mol. The van der Waals surface area contributed by atoms with Crippen molar-refractivity contribution in [1.29, 1.82) is 0 Å². The number of rotatable bonds is 8. The highest BCUT2D eigenvalue weighted by Crippen LogP contribution is 2.36. The molecule has 33 heavy (non-hydrogen) atoms. The number of nitrogens with zero attached hydrogens (tertiary/aromatic N) is 2. The Morgan fingerprint density at radius 1 is 1.27 bits per heavy atom. The van der Waals surface area contributed by atoms with Crippen LogP contribution in [0.5, 0.6) is 0 Å². The van der Waals surface area contributed by atoms with Gasteiger partial charge in [0.25, 0.3) is 5.56 Å². The van der Waals surface area contributed by atoms with Crippen molar-refractivity contribution in [2.75, 3.05) is 20.3 Å². The molecule has 3 aromatic rings. The minimum Gasteiger partial charge on any atom is -0.385 e. The van der Waals surface area contributed by atoms with E-state index in [0.29, 0.717) is 18.3 Å². The Morgan fingerprint density at radius 2 is 2.06 bits per heavy atom. The van der Waals surface area contributed by atoms with Gasteiger partial charge in [-0.1, -0.05) is 17.8 Å². The van der Waals surface area contributed by atoms with Crippen molar-refractivity contribution < 1.29 is 9.53 Å². The number of thiophene rings is 1. The predicted molar refractivity (Wildman–Crippen MR) is 136 cm³/mol. The zero-order valence-corrected chi connectivity index (χ0v) is 21.3. The van der Waals surface area contributed by atoms with E-state index in [1.54, 1.807) is 23.0 Å². The van der Waals surface area contributed by atoms with E-state index < -0.39 is 0 Å². The van der Waals surface area contributed by atoms with Gasteiger partial charge in [0.15, 0.2) is 5.16 Å². The summed E-state index contributed by atoms with van der Waals surface area (Å²) in [6, 6.07) is 6.03. The zero-order chi connectivity index (χ0) is 23.5. The predicted octanol–water partition coefficient (Wildman–Crippen LogP) is 4.58. The lowest BCUT2D eigenvalue weighted by Crippen LogP contribution is -2.33. The van der Waals surface area contributed by atoms with Crippen LogP contribution >= 0.6 is 23.1 Å². The highest BCUT2D eigenvalue weighted by molar-refractivity contribution is 8.00. The van der Waals surface area contributed by atoms with Gasteiger partial charge in [0.05, 0.1) is 16.3 Å². The zero-order valence-electron chi connectivity index (χ0n) is 19.7. The number of fused-ring (bicyclic) bond motifs is 3. The summed E-state index contributed by atoms with van der Waals surface area (Å²) in [6.45, 7) is 7.13. The van der Waals surface area contributed by atoms with Gasteiger partial charge in [-0.2, -0.15) is 0 Å². The third-order valence-corrected chi connectivity index (χ3v) is 8.42. The van der Waals surface area contributed by atoms with Gasteiger partial charge >= 0.3 is 0 Å². The molecule has 0 saturated carbocycles. The quantitative estimate of drug-likeness (QED) is 0.287. The lowest BCUT2D eigenvalue weighted by molar-refractivity contribution is -0.120.